The Labute approximate surface area is 173 Å². The van der Waals surface area contributed by atoms with Crippen LogP contribution in [0.25, 0.3) is 0 Å². The van der Waals surface area contributed by atoms with Crippen LogP contribution >= 0.6 is 0 Å². The number of alkyl halides is 2. The van der Waals surface area contributed by atoms with Gasteiger partial charge in [0.2, 0.25) is 17.7 Å². The van der Waals surface area contributed by atoms with E-state index in [-0.39, 0.29) is 37.2 Å². The van der Waals surface area contributed by atoms with Gasteiger partial charge in [-0.2, -0.15) is 9.37 Å². The molecule has 0 spiro atoms. The van der Waals surface area contributed by atoms with Crippen LogP contribution in [0.4, 0.5) is 30.5 Å². The van der Waals surface area contributed by atoms with E-state index in [0.29, 0.717) is 12.8 Å². The molecule has 1 aromatic heterocycles. The summed E-state index contributed by atoms with van der Waals surface area (Å²) >= 11 is 0. The van der Waals surface area contributed by atoms with Crippen molar-refractivity contribution in [2.45, 2.75) is 31.6 Å². The van der Waals surface area contributed by atoms with Crippen molar-refractivity contribution in [3.63, 3.8) is 0 Å². The summed E-state index contributed by atoms with van der Waals surface area (Å²) in [5.74, 6) is -3.26. The van der Waals surface area contributed by atoms with Gasteiger partial charge >= 0.3 is 0 Å². The van der Waals surface area contributed by atoms with Crippen molar-refractivity contribution >= 4 is 17.3 Å². The van der Waals surface area contributed by atoms with Crippen LogP contribution in [0.3, 0.4) is 0 Å². The Morgan fingerprint density at radius 1 is 1.13 bits per heavy atom. The molecule has 1 saturated carbocycles. The van der Waals surface area contributed by atoms with Crippen LogP contribution < -0.4 is 15.0 Å². The second-order valence-corrected chi connectivity index (χ2v) is 7.73. The molecule has 0 radical (unpaired) electrons. The third kappa shape index (κ3) is 5.33. The standard InChI is InChI=1S/C21H25F3N4O2/c22-18-13-25-20(27-19(18)30-14-15-5-7-21(23,24)8-6-15)26-16-1-3-17(4-2-16)28-9-11-29-12-10-28/h1-4,13,15H,5-12,14H2,(H,25,26,27). The van der Waals surface area contributed by atoms with E-state index in [1.54, 1.807) is 0 Å². The number of benzene rings is 1. The lowest BCUT2D eigenvalue weighted by molar-refractivity contribution is -0.0501. The Morgan fingerprint density at radius 2 is 1.83 bits per heavy atom. The van der Waals surface area contributed by atoms with Crippen molar-refractivity contribution in [3.8, 4) is 5.88 Å². The molecule has 2 fully saturated rings. The van der Waals surface area contributed by atoms with Crippen molar-refractivity contribution in [2.24, 2.45) is 5.92 Å². The van der Waals surface area contributed by atoms with Crippen LogP contribution in [0, 0.1) is 11.7 Å². The van der Waals surface area contributed by atoms with E-state index in [1.807, 2.05) is 24.3 Å². The highest BCUT2D eigenvalue weighted by Crippen LogP contribution is 2.36. The molecule has 0 bridgehead atoms. The summed E-state index contributed by atoms with van der Waals surface area (Å²) in [5.41, 5.74) is 1.87. The van der Waals surface area contributed by atoms with Gasteiger partial charge in [-0.3, -0.25) is 0 Å². The minimum Gasteiger partial charge on any atom is -0.475 e. The number of ether oxygens (including phenoxy) is 2. The first kappa shape index (κ1) is 20.7. The molecule has 1 N–H and O–H groups in total. The molecule has 6 nitrogen and oxygen atoms in total. The smallest absolute Gasteiger partial charge is 0.255 e. The SMILES string of the molecule is Fc1cnc(Nc2ccc(N3CCOCC3)cc2)nc1OCC1CCC(F)(F)CC1. The molecule has 1 aliphatic carbocycles. The Bertz CT molecular complexity index is 835. The Kier molecular flexibility index (Phi) is 6.26. The molecule has 1 aliphatic heterocycles. The van der Waals surface area contributed by atoms with Crippen molar-refractivity contribution in [3.05, 3.63) is 36.3 Å². The van der Waals surface area contributed by atoms with Crippen LogP contribution in [0.15, 0.2) is 30.5 Å². The number of halogens is 3. The number of anilines is 3. The van der Waals surface area contributed by atoms with Crippen LogP contribution in [0.1, 0.15) is 25.7 Å². The molecule has 162 valence electrons. The number of nitrogens with zero attached hydrogens (tertiary/aromatic N) is 3. The maximum absolute atomic E-state index is 14.0. The molecule has 0 amide bonds. The molecule has 2 aromatic rings. The molecule has 9 heteroatoms. The summed E-state index contributed by atoms with van der Waals surface area (Å²) in [6, 6.07) is 7.79. The summed E-state index contributed by atoms with van der Waals surface area (Å²) in [6.07, 6.45) is 1.46. The lowest BCUT2D eigenvalue weighted by Crippen LogP contribution is -2.36. The molecule has 1 aromatic carbocycles. The summed E-state index contributed by atoms with van der Waals surface area (Å²) in [7, 11) is 0. The third-order valence-electron chi connectivity index (χ3n) is 5.50. The van der Waals surface area contributed by atoms with Crippen LogP contribution in [-0.4, -0.2) is 48.8 Å². The van der Waals surface area contributed by atoms with Gasteiger partial charge in [-0.05, 0) is 43.0 Å². The minimum atomic E-state index is -2.59. The molecule has 2 heterocycles. The second-order valence-electron chi connectivity index (χ2n) is 7.73. The normalized spacial score (nSPS) is 19.5. The first-order valence-corrected chi connectivity index (χ1v) is 10.2. The first-order valence-electron chi connectivity index (χ1n) is 10.2. The van der Waals surface area contributed by atoms with Crippen LogP contribution in [0.2, 0.25) is 0 Å². The molecule has 0 atom stereocenters. The fourth-order valence-corrected chi connectivity index (χ4v) is 3.68. The van der Waals surface area contributed by atoms with Gasteiger partial charge in [-0.25, -0.2) is 13.8 Å². The van der Waals surface area contributed by atoms with Gasteiger partial charge in [0.05, 0.1) is 26.0 Å². The van der Waals surface area contributed by atoms with Gasteiger partial charge < -0.3 is 19.7 Å². The fourth-order valence-electron chi connectivity index (χ4n) is 3.68. The highest BCUT2D eigenvalue weighted by Gasteiger charge is 2.35. The Morgan fingerprint density at radius 3 is 2.53 bits per heavy atom. The van der Waals surface area contributed by atoms with E-state index in [1.165, 1.54) is 0 Å². The summed E-state index contributed by atoms with van der Waals surface area (Å²) in [5, 5.41) is 3.04. The van der Waals surface area contributed by atoms with Crippen LogP contribution in [0.5, 0.6) is 5.88 Å². The predicted octanol–water partition coefficient (Wildman–Crippen LogP) is 4.40. The van der Waals surface area contributed by atoms with Gasteiger partial charge in [0.25, 0.3) is 5.88 Å². The average Bonchev–Trinajstić information content (AvgIpc) is 2.76. The first-order chi connectivity index (χ1) is 14.5. The Balaban J connectivity index is 1.34. The largest absolute Gasteiger partial charge is 0.475 e. The quantitative estimate of drug-likeness (QED) is 0.745. The molecular weight excluding hydrogens is 397 g/mol. The van der Waals surface area contributed by atoms with Gasteiger partial charge in [-0.15, -0.1) is 0 Å². The average molecular weight is 422 g/mol. The van der Waals surface area contributed by atoms with Crippen LogP contribution in [-0.2, 0) is 4.74 Å². The van der Waals surface area contributed by atoms with E-state index in [0.717, 1.165) is 43.9 Å². The summed E-state index contributed by atoms with van der Waals surface area (Å²) in [6.45, 7) is 3.31. The van der Waals surface area contributed by atoms with Crippen molar-refractivity contribution < 1.29 is 22.6 Å². The number of rotatable bonds is 6. The molecular formula is C21H25F3N4O2. The second kappa shape index (κ2) is 9.07. The third-order valence-corrected chi connectivity index (χ3v) is 5.50. The van der Waals surface area contributed by atoms with Crippen molar-refractivity contribution in [2.75, 3.05) is 43.1 Å². The lowest BCUT2D eigenvalue weighted by atomic mass is 9.87. The van der Waals surface area contributed by atoms with Gasteiger partial charge in [0.15, 0.2) is 0 Å². The monoisotopic (exact) mass is 422 g/mol. The van der Waals surface area contributed by atoms with Gasteiger partial charge in [0.1, 0.15) is 0 Å². The summed E-state index contributed by atoms with van der Waals surface area (Å²) in [4.78, 5) is 10.3. The predicted molar refractivity (Wildman–Crippen MR) is 107 cm³/mol. The topological polar surface area (TPSA) is 59.5 Å². The van der Waals surface area contributed by atoms with Gasteiger partial charge in [-0.1, -0.05) is 0 Å². The summed E-state index contributed by atoms with van der Waals surface area (Å²) < 4.78 is 51.4. The molecule has 30 heavy (non-hydrogen) atoms. The van der Waals surface area contributed by atoms with Gasteiger partial charge in [0, 0.05) is 37.3 Å². The van der Waals surface area contributed by atoms with Crippen molar-refractivity contribution in [1.82, 2.24) is 9.97 Å². The maximum Gasteiger partial charge on any atom is 0.255 e. The zero-order valence-corrected chi connectivity index (χ0v) is 16.6. The highest BCUT2D eigenvalue weighted by atomic mass is 19.3. The van der Waals surface area contributed by atoms with E-state index < -0.39 is 11.7 Å². The van der Waals surface area contributed by atoms with E-state index in [4.69, 9.17) is 9.47 Å². The van der Waals surface area contributed by atoms with E-state index >= 15 is 0 Å². The number of aromatic nitrogens is 2. The number of nitrogens with one attached hydrogen (secondary N) is 1. The maximum atomic E-state index is 14.0. The van der Waals surface area contributed by atoms with Crippen molar-refractivity contribution in [1.29, 1.82) is 0 Å². The molecule has 1 saturated heterocycles. The molecule has 4 rings (SSSR count). The lowest BCUT2D eigenvalue weighted by Gasteiger charge is -2.28. The molecule has 0 unspecified atom stereocenters. The Hall–Kier alpha value is -2.55. The number of morpholine rings is 1. The fraction of sp³-hybridized carbons (Fsp3) is 0.524. The van der Waals surface area contributed by atoms with E-state index in [2.05, 4.69) is 20.2 Å². The van der Waals surface area contributed by atoms with E-state index in [9.17, 15) is 13.2 Å². The number of hydrogen-bond acceptors (Lipinski definition) is 6. The molecule has 2 aliphatic rings. The zero-order valence-electron chi connectivity index (χ0n) is 16.6. The minimum absolute atomic E-state index is 0.0249. The highest BCUT2D eigenvalue weighted by molar-refractivity contribution is 5.59. The number of hydrogen-bond donors (Lipinski definition) is 1. The zero-order chi connectivity index (χ0) is 21.0.